The number of ether oxygens (including phenoxy) is 1. The largest absolute Gasteiger partial charge is 0.485 e. The quantitative estimate of drug-likeness (QED) is 0.285. The number of rotatable bonds is 7. The van der Waals surface area contributed by atoms with Gasteiger partial charge >= 0.3 is 11.4 Å². The Balaban J connectivity index is 1.79. The average Bonchev–Trinajstić information content (AvgIpc) is 3.22. The van der Waals surface area contributed by atoms with Crippen molar-refractivity contribution in [2.24, 2.45) is 0 Å². The first-order chi connectivity index (χ1) is 15.2. The maximum atomic E-state index is 12.2. The van der Waals surface area contributed by atoms with Crippen molar-refractivity contribution < 1.29 is 23.8 Å². The van der Waals surface area contributed by atoms with E-state index in [1.54, 1.807) is 18.2 Å². The molecule has 11 heteroatoms. The SMILES string of the molecule is COc1c([N+](=O)[O-])cc(NC(=O)/C=C/c2ccc(-c3ccc(C)c(Cl)c3)o2)cc1[N+](=O)[O-]. The molecule has 0 saturated carbocycles. The molecule has 1 aromatic heterocycles. The standard InChI is InChI=1S/C21H16ClN3O7/c1-12-3-4-13(9-16(12)22)19-7-5-15(32-19)6-8-20(26)23-14-10-17(24(27)28)21(31-2)18(11-14)25(29)30/h3-11H,1-2H3,(H,23,26)/b8-6+. The highest BCUT2D eigenvalue weighted by Crippen LogP contribution is 2.39. The van der Waals surface area contributed by atoms with Gasteiger partial charge in [-0.2, -0.15) is 0 Å². The highest BCUT2D eigenvalue weighted by atomic mass is 35.5. The summed E-state index contributed by atoms with van der Waals surface area (Å²) >= 11 is 6.13. The van der Waals surface area contributed by atoms with E-state index in [9.17, 15) is 25.0 Å². The van der Waals surface area contributed by atoms with E-state index in [1.165, 1.54) is 6.08 Å². The van der Waals surface area contributed by atoms with Gasteiger partial charge in [-0.1, -0.05) is 23.7 Å². The molecule has 0 spiro atoms. The number of nitrogens with zero attached hydrogens (tertiary/aromatic N) is 2. The minimum absolute atomic E-state index is 0.131. The second-order valence-corrected chi connectivity index (χ2v) is 6.96. The molecular weight excluding hydrogens is 442 g/mol. The van der Waals surface area contributed by atoms with Crippen LogP contribution < -0.4 is 10.1 Å². The van der Waals surface area contributed by atoms with Gasteiger partial charge in [-0.05, 0) is 36.8 Å². The fraction of sp³-hybridized carbons (Fsp3) is 0.0952. The maximum absolute atomic E-state index is 12.2. The van der Waals surface area contributed by atoms with Crippen molar-refractivity contribution in [1.82, 2.24) is 0 Å². The molecule has 0 fully saturated rings. The Morgan fingerprint density at radius 1 is 1.09 bits per heavy atom. The van der Waals surface area contributed by atoms with Crippen LogP contribution in [0, 0.1) is 27.2 Å². The third-order valence-electron chi connectivity index (χ3n) is 4.40. The number of hydrogen-bond donors (Lipinski definition) is 1. The second kappa shape index (κ2) is 9.31. The molecule has 1 heterocycles. The Kier molecular flexibility index (Phi) is 6.55. The van der Waals surface area contributed by atoms with E-state index in [0.29, 0.717) is 16.5 Å². The van der Waals surface area contributed by atoms with E-state index in [4.69, 9.17) is 20.8 Å². The number of anilines is 1. The molecule has 1 N–H and O–H groups in total. The number of nitrogens with one attached hydrogen (secondary N) is 1. The Hall–Kier alpha value is -4.18. The smallest absolute Gasteiger partial charge is 0.320 e. The van der Waals surface area contributed by atoms with E-state index >= 15 is 0 Å². The monoisotopic (exact) mass is 457 g/mol. The van der Waals surface area contributed by atoms with E-state index in [1.807, 2.05) is 19.1 Å². The molecule has 0 atom stereocenters. The fourth-order valence-corrected chi connectivity index (χ4v) is 3.02. The van der Waals surface area contributed by atoms with Gasteiger partial charge in [0.2, 0.25) is 5.91 Å². The van der Waals surface area contributed by atoms with Crippen LogP contribution >= 0.6 is 11.6 Å². The zero-order chi connectivity index (χ0) is 23.4. The molecule has 0 aliphatic heterocycles. The Bertz CT molecular complexity index is 1210. The average molecular weight is 458 g/mol. The summed E-state index contributed by atoms with van der Waals surface area (Å²) in [5.41, 5.74) is 0.274. The van der Waals surface area contributed by atoms with Crippen molar-refractivity contribution in [1.29, 1.82) is 0 Å². The normalized spacial score (nSPS) is 10.8. The lowest BCUT2D eigenvalue weighted by atomic mass is 10.1. The van der Waals surface area contributed by atoms with Crippen LogP contribution in [0.1, 0.15) is 11.3 Å². The zero-order valence-corrected chi connectivity index (χ0v) is 17.6. The Morgan fingerprint density at radius 3 is 2.31 bits per heavy atom. The van der Waals surface area contributed by atoms with Gasteiger partial charge in [-0.25, -0.2) is 0 Å². The molecule has 0 saturated heterocycles. The van der Waals surface area contributed by atoms with E-state index in [2.05, 4.69) is 5.32 Å². The van der Waals surface area contributed by atoms with Crippen molar-refractivity contribution in [2.75, 3.05) is 12.4 Å². The minimum atomic E-state index is -0.834. The van der Waals surface area contributed by atoms with Gasteiger partial charge in [0.25, 0.3) is 5.75 Å². The highest BCUT2D eigenvalue weighted by Gasteiger charge is 2.28. The summed E-state index contributed by atoms with van der Waals surface area (Å²) in [4.78, 5) is 33.0. The number of nitro groups is 2. The summed E-state index contributed by atoms with van der Waals surface area (Å²) in [7, 11) is 1.08. The van der Waals surface area contributed by atoms with Crippen LogP contribution in [0.4, 0.5) is 17.1 Å². The number of aryl methyl sites for hydroxylation is 1. The van der Waals surface area contributed by atoms with E-state index < -0.39 is 32.9 Å². The Labute approximate surface area is 186 Å². The maximum Gasteiger partial charge on any atom is 0.320 e. The van der Waals surface area contributed by atoms with Crippen molar-refractivity contribution in [2.45, 2.75) is 6.92 Å². The van der Waals surface area contributed by atoms with Crippen LogP contribution in [-0.4, -0.2) is 22.9 Å². The van der Waals surface area contributed by atoms with Crippen LogP contribution in [0.15, 0.2) is 53.0 Å². The van der Waals surface area contributed by atoms with Crippen LogP contribution in [0.25, 0.3) is 17.4 Å². The number of hydrogen-bond acceptors (Lipinski definition) is 7. The number of amides is 1. The molecule has 3 rings (SSSR count). The highest BCUT2D eigenvalue weighted by molar-refractivity contribution is 6.31. The first-order valence-corrected chi connectivity index (χ1v) is 9.43. The van der Waals surface area contributed by atoms with E-state index in [0.717, 1.165) is 36.4 Å². The topological polar surface area (TPSA) is 138 Å². The number of halogens is 1. The molecule has 0 bridgehead atoms. The predicted octanol–water partition coefficient (Wildman–Crippen LogP) is 5.39. The molecule has 164 valence electrons. The predicted molar refractivity (Wildman–Crippen MR) is 118 cm³/mol. The van der Waals surface area contributed by atoms with Crippen molar-refractivity contribution in [3.05, 3.63) is 85.1 Å². The first-order valence-electron chi connectivity index (χ1n) is 9.06. The second-order valence-electron chi connectivity index (χ2n) is 6.55. The summed E-state index contributed by atoms with van der Waals surface area (Å²) < 4.78 is 10.5. The molecule has 0 aliphatic rings. The number of benzene rings is 2. The summed E-state index contributed by atoms with van der Waals surface area (Å²) in [6.45, 7) is 1.88. The molecular formula is C21H16ClN3O7. The van der Waals surface area contributed by atoms with Crippen molar-refractivity contribution >= 4 is 40.6 Å². The van der Waals surface area contributed by atoms with Gasteiger partial charge in [-0.15, -0.1) is 0 Å². The van der Waals surface area contributed by atoms with E-state index in [-0.39, 0.29) is 5.69 Å². The number of carbonyl (C=O) groups is 1. The van der Waals surface area contributed by atoms with Crippen LogP contribution in [0.5, 0.6) is 5.75 Å². The van der Waals surface area contributed by atoms with Gasteiger partial charge in [-0.3, -0.25) is 25.0 Å². The van der Waals surface area contributed by atoms with Crippen LogP contribution in [0.3, 0.4) is 0 Å². The summed E-state index contributed by atoms with van der Waals surface area (Å²) in [6.07, 6.45) is 2.52. The van der Waals surface area contributed by atoms with Gasteiger partial charge in [0.1, 0.15) is 11.5 Å². The molecule has 0 aliphatic carbocycles. The lowest BCUT2D eigenvalue weighted by Crippen LogP contribution is -2.09. The summed E-state index contributed by atoms with van der Waals surface area (Å²) in [6, 6.07) is 10.8. The molecule has 32 heavy (non-hydrogen) atoms. The number of nitro benzene ring substituents is 2. The fourth-order valence-electron chi connectivity index (χ4n) is 2.84. The number of furan rings is 1. The molecule has 3 aromatic rings. The third-order valence-corrected chi connectivity index (χ3v) is 4.80. The van der Waals surface area contributed by atoms with Crippen LogP contribution in [0.2, 0.25) is 5.02 Å². The van der Waals surface area contributed by atoms with Gasteiger partial charge in [0, 0.05) is 28.8 Å². The molecule has 0 radical (unpaired) electrons. The number of methoxy groups -OCH3 is 1. The summed E-state index contributed by atoms with van der Waals surface area (Å²) in [5, 5.41) is 25.4. The van der Waals surface area contributed by atoms with Crippen molar-refractivity contribution in [3.63, 3.8) is 0 Å². The minimum Gasteiger partial charge on any atom is -0.485 e. The Morgan fingerprint density at radius 2 is 1.75 bits per heavy atom. The zero-order valence-electron chi connectivity index (χ0n) is 16.8. The van der Waals surface area contributed by atoms with Gasteiger partial charge in [0.05, 0.1) is 22.6 Å². The molecule has 2 aromatic carbocycles. The molecule has 10 nitrogen and oxygen atoms in total. The van der Waals surface area contributed by atoms with Crippen molar-refractivity contribution in [3.8, 4) is 17.1 Å². The lowest BCUT2D eigenvalue weighted by molar-refractivity contribution is -0.395. The number of carbonyl (C=O) groups excluding carboxylic acids is 1. The first kappa shape index (κ1) is 22.5. The van der Waals surface area contributed by atoms with Gasteiger partial charge in [0.15, 0.2) is 0 Å². The molecule has 0 unspecified atom stereocenters. The van der Waals surface area contributed by atoms with Gasteiger partial charge < -0.3 is 14.5 Å². The lowest BCUT2D eigenvalue weighted by Gasteiger charge is -2.06. The van der Waals surface area contributed by atoms with Crippen LogP contribution in [-0.2, 0) is 4.79 Å². The summed E-state index contributed by atoms with van der Waals surface area (Å²) in [5.74, 6) is -0.255. The third kappa shape index (κ3) is 4.93. The molecule has 1 amide bonds.